The zero-order valence-electron chi connectivity index (χ0n) is 17.9. The van der Waals surface area contributed by atoms with E-state index in [9.17, 15) is 9.59 Å². The molecular weight excluding hydrogens is 302 g/mol. The van der Waals surface area contributed by atoms with Crippen LogP contribution < -0.4 is 5.32 Å². The summed E-state index contributed by atoms with van der Waals surface area (Å²) in [5.74, 6) is -1.68. The molecule has 4 heteroatoms. The third-order valence-corrected chi connectivity index (χ3v) is 3.61. The van der Waals surface area contributed by atoms with Crippen molar-refractivity contribution in [1.82, 2.24) is 5.32 Å². The summed E-state index contributed by atoms with van der Waals surface area (Å²) in [5, 5.41) is 3.12. The fourth-order valence-electron chi connectivity index (χ4n) is 2.41. The summed E-state index contributed by atoms with van der Waals surface area (Å²) >= 11 is 0. The van der Waals surface area contributed by atoms with Crippen molar-refractivity contribution in [3.63, 3.8) is 0 Å². The maximum Gasteiger partial charge on any atom is 0.343 e. The molecule has 122 valence electrons. The van der Waals surface area contributed by atoms with Crippen molar-refractivity contribution in [2.45, 2.75) is 25.8 Å². The lowest BCUT2D eigenvalue weighted by molar-refractivity contribution is -0.118. The first-order valence-corrected chi connectivity index (χ1v) is 7.64. The first-order chi connectivity index (χ1) is 13.8. The normalized spacial score (nSPS) is 17.3. The topological polar surface area (TPSA) is 55.4 Å². The number of Topliss-reactive ketones (excluding diaryl/α,β-unsaturated/α-hetero) is 1. The Morgan fingerprint density at radius 1 is 1.12 bits per heavy atom. The van der Waals surface area contributed by atoms with Crippen molar-refractivity contribution in [1.29, 1.82) is 0 Å². The minimum absolute atomic E-state index is 0.163. The number of esters is 1. The van der Waals surface area contributed by atoms with Gasteiger partial charge in [-0.2, -0.15) is 0 Å². The molecule has 0 amide bonds. The van der Waals surface area contributed by atoms with E-state index in [1.165, 1.54) is 0 Å². The first kappa shape index (κ1) is 10.8. The van der Waals surface area contributed by atoms with Crippen molar-refractivity contribution in [2.24, 2.45) is 0 Å². The number of ketones is 1. The lowest BCUT2D eigenvalue weighted by Crippen LogP contribution is -2.25. The zero-order valence-corrected chi connectivity index (χ0v) is 12.9. The van der Waals surface area contributed by atoms with Crippen molar-refractivity contribution in [2.75, 3.05) is 0 Å². The maximum atomic E-state index is 12.6. The molecule has 0 heterocycles. The van der Waals surface area contributed by atoms with Crippen LogP contribution in [0.1, 0.15) is 42.0 Å². The van der Waals surface area contributed by atoms with Crippen molar-refractivity contribution in [3.05, 3.63) is 83.1 Å². The summed E-state index contributed by atoms with van der Waals surface area (Å²) in [5.41, 5.74) is 0.851. The molecule has 0 unspecified atom stereocenters. The smallest absolute Gasteiger partial charge is 0.343 e. The summed E-state index contributed by atoms with van der Waals surface area (Å²) in [6, 6.07) is 6.29. The van der Waals surface area contributed by atoms with E-state index in [1.807, 2.05) is 30.3 Å². The van der Waals surface area contributed by atoms with Crippen molar-refractivity contribution >= 4 is 11.8 Å². The highest BCUT2D eigenvalue weighted by Gasteiger charge is 2.25. The molecule has 0 aliphatic heterocycles. The molecule has 4 nitrogen and oxygen atoms in total. The molecule has 24 heavy (non-hydrogen) atoms. The number of benzene rings is 2. The van der Waals surface area contributed by atoms with Crippen LogP contribution in [0.15, 0.2) is 72.0 Å². The molecule has 1 N–H and O–H groups in total. The monoisotopic (exact) mass is 326 g/mol. The number of hydrogen-bond donors (Lipinski definition) is 1. The van der Waals surface area contributed by atoms with Gasteiger partial charge in [-0.25, -0.2) is 4.79 Å². The van der Waals surface area contributed by atoms with E-state index in [0.717, 1.165) is 5.56 Å². The number of hydrogen-bond acceptors (Lipinski definition) is 4. The SMILES string of the molecule is [2H]c1c([2H])c([2H])c(C(=O)OC2=C(NCc3ccccc3)CCCC2=O)c([2H])c1[2H]. The largest absolute Gasteiger partial charge is 0.417 e. The van der Waals surface area contributed by atoms with E-state index in [1.54, 1.807) is 0 Å². The van der Waals surface area contributed by atoms with E-state index in [-0.39, 0.29) is 18.0 Å². The third-order valence-electron chi connectivity index (χ3n) is 3.61. The van der Waals surface area contributed by atoms with Crippen LogP contribution in [0, 0.1) is 0 Å². The second kappa shape index (κ2) is 7.59. The molecule has 0 saturated carbocycles. The quantitative estimate of drug-likeness (QED) is 0.853. The zero-order chi connectivity index (χ0) is 21.1. The van der Waals surface area contributed by atoms with Crippen LogP contribution in [-0.2, 0) is 16.1 Å². The number of carbonyl (C=O) groups is 2. The van der Waals surface area contributed by atoms with Crippen LogP contribution in [0.25, 0.3) is 0 Å². The van der Waals surface area contributed by atoms with Gasteiger partial charge in [-0.3, -0.25) is 4.79 Å². The summed E-state index contributed by atoms with van der Waals surface area (Å²) in [6.07, 6.45) is 1.31. The van der Waals surface area contributed by atoms with Gasteiger partial charge in [0.1, 0.15) is 0 Å². The molecule has 1 aliphatic carbocycles. The van der Waals surface area contributed by atoms with Gasteiger partial charge in [0.25, 0.3) is 0 Å². The highest BCUT2D eigenvalue weighted by atomic mass is 16.5. The van der Waals surface area contributed by atoms with Gasteiger partial charge < -0.3 is 10.1 Å². The number of carbonyl (C=O) groups excluding carboxylic acids is 2. The fourth-order valence-corrected chi connectivity index (χ4v) is 2.41. The summed E-state index contributed by atoms with van der Waals surface area (Å²) in [6.45, 7) is 0.430. The first-order valence-electron chi connectivity index (χ1n) is 10.1. The summed E-state index contributed by atoms with van der Waals surface area (Å²) < 4.78 is 44.0. The van der Waals surface area contributed by atoms with Gasteiger partial charge in [-0.15, -0.1) is 0 Å². The molecule has 2 aromatic rings. The number of nitrogens with one attached hydrogen (secondary N) is 1. The van der Waals surface area contributed by atoms with Crippen LogP contribution in [-0.4, -0.2) is 11.8 Å². The van der Waals surface area contributed by atoms with Crippen molar-refractivity contribution < 1.29 is 21.2 Å². The predicted molar refractivity (Wildman–Crippen MR) is 91.0 cm³/mol. The summed E-state index contributed by atoms with van der Waals surface area (Å²) in [4.78, 5) is 25.0. The molecule has 0 atom stereocenters. The molecule has 0 radical (unpaired) electrons. The van der Waals surface area contributed by atoms with E-state index >= 15 is 0 Å². The minimum Gasteiger partial charge on any atom is -0.417 e. The van der Waals surface area contributed by atoms with Gasteiger partial charge in [0.05, 0.1) is 18.1 Å². The Morgan fingerprint density at radius 2 is 1.88 bits per heavy atom. The van der Waals surface area contributed by atoms with E-state index in [4.69, 9.17) is 11.6 Å². The second-order valence-corrected chi connectivity index (χ2v) is 5.31. The van der Waals surface area contributed by atoms with Crippen LogP contribution in [0.4, 0.5) is 0 Å². The molecule has 0 fully saturated rings. The second-order valence-electron chi connectivity index (χ2n) is 5.31. The molecule has 3 rings (SSSR count). The molecule has 2 aromatic carbocycles. The van der Waals surface area contributed by atoms with Gasteiger partial charge in [-0.1, -0.05) is 48.5 Å². The van der Waals surface area contributed by atoms with Crippen LogP contribution >= 0.6 is 0 Å². The molecule has 1 aliphatic rings. The van der Waals surface area contributed by atoms with E-state index < -0.39 is 41.7 Å². The van der Waals surface area contributed by atoms with Gasteiger partial charge in [0, 0.05) is 13.0 Å². The average Bonchev–Trinajstić information content (AvgIpc) is 2.72. The Morgan fingerprint density at radius 3 is 2.62 bits per heavy atom. The maximum absolute atomic E-state index is 12.6. The Kier molecular flexibility index (Phi) is 3.42. The van der Waals surface area contributed by atoms with E-state index in [0.29, 0.717) is 25.1 Å². The van der Waals surface area contributed by atoms with E-state index in [2.05, 4.69) is 5.32 Å². The molecular formula is C20H19NO3. The lowest BCUT2D eigenvalue weighted by atomic mass is 10.0. The van der Waals surface area contributed by atoms with Crippen LogP contribution in [0.3, 0.4) is 0 Å². The summed E-state index contributed by atoms with van der Waals surface area (Å²) in [7, 11) is 0. The molecule has 0 bridgehead atoms. The predicted octanol–water partition coefficient (Wildman–Crippen LogP) is 3.60. The standard InChI is InChI=1S/C20H19NO3/c22-18-13-7-12-17(21-14-15-8-3-1-4-9-15)19(18)24-20(23)16-10-5-2-6-11-16/h1-6,8-11,21H,7,12-14H2/i2D,5D,6D,10D,11D. The molecule has 0 spiro atoms. The molecule has 0 saturated heterocycles. The highest BCUT2D eigenvalue weighted by Crippen LogP contribution is 2.22. The Balaban J connectivity index is 1.90. The number of rotatable bonds is 5. The van der Waals surface area contributed by atoms with Gasteiger partial charge in [-0.05, 0) is 30.5 Å². The van der Waals surface area contributed by atoms with Gasteiger partial charge >= 0.3 is 5.97 Å². The van der Waals surface area contributed by atoms with Crippen LogP contribution in [0.5, 0.6) is 0 Å². The van der Waals surface area contributed by atoms with Gasteiger partial charge in [0.15, 0.2) is 11.5 Å². The van der Waals surface area contributed by atoms with Gasteiger partial charge in [0.2, 0.25) is 0 Å². The van der Waals surface area contributed by atoms with Crippen LogP contribution in [0.2, 0.25) is 0 Å². The average molecular weight is 326 g/mol. The number of ether oxygens (including phenoxy) is 1. The minimum atomic E-state index is -1.15. The Labute approximate surface area is 148 Å². The fraction of sp³-hybridized carbons (Fsp3) is 0.200. The highest BCUT2D eigenvalue weighted by molar-refractivity contribution is 5.99. The number of allylic oxidation sites excluding steroid dienone is 2. The Hall–Kier alpha value is -2.88. The Bertz CT molecular complexity index is 976. The molecule has 0 aromatic heterocycles. The lowest BCUT2D eigenvalue weighted by Gasteiger charge is -2.20. The third kappa shape index (κ3) is 3.90. The van der Waals surface area contributed by atoms with Crippen molar-refractivity contribution in [3.8, 4) is 0 Å².